The highest BCUT2D eigenvalue weighted by molar-refractivity contribution is 14.1. The van der Waals surface area contributed by atoms with Gasteiger partial charge >= 0.3 is 5.97 Å². The summed E-state index contributed by atoms with van der Waals surface area (Å²) in [7, 11) is 0. The summed E-state index contributed by atoms with van der Waals surface area (Å²) >= 11 is 13.7. The zero-order chi connectivity index (χ0) is 12.0. The Balaban J connectivity index is 2.45. The molecule has 0 N–H and O–H groups in total. The summed E-state index contributed by atoms with van der Waals surface area (Å²) in [6, 6.07) is 4.80. The zero-order valence-electron chi connectivity index (χ0n) is 8.21. The molecule has 1 rings (SSSR count). The molecule has 1 aromatic rings. The van der Waals surface area contributed by atoms with E-state index in [-0.39, 0.29) is 6.61 Å². The van der Waals surface area contributed by atoms with Gasteiger partial charge in [-0.3, -0.25) is 0 Å². The molecule has 0 saturated carbocycles. The van der Waals surface area contributed by atoms with Crippen LogP contribution in [0.2, 0.25) is 10.0 Å². The van der Waals surface area contributed by atoms with E-state index in [9.17, 15) is 4.79 Å². The highest BCUT2D eigenvalue weighted by Gasteiger charge is 2.06. The molecule has 3 nitrogen and oxygen atoms in total. The van der Waals surface area contributed by atoms with Crippen molar-refractivity contribution in [1.29, 1.82) is 0 Å². The largest absolute Gasteiger partial charge is 0.480 e. The van der Waals surface area contributed by atoms with Crippen molar-refractivity contribution >= 4 is 51.8 Å². The molecule has 0 aliphatic heterocycles. The molecule has 0 unspecified atom stereocenters. The van der Waals surface area contributed by atoms with Crippen molar-refractivity contribution in [3.8, 4) is 5.75 Å². The number of halogens is 3. The predicted molar refractivity (Wildman–Crippen MR) is 71.8 cm³/mol. The smallest absolute Gasteiger partial charge is 0.344 e. The molecule has 0 aliphatic rings. The first kappa shape index (κ1) is 13.9. The third kappa shape index (κ3) is 4.76. The predicted octanol–water partition coefficient (Wildman–Crippen LogP) is 3.35. The van der Waals surface area contributed by atoms with Crippen molar-refractivity contribution in [2.24, 2.45) is 0 Å². The van der Waals surface area contributed by atoms with Gasteiger partial charge in [-0.25, -0.2) is 4.79 Å². The van der Waals surface area contributed by atoms with Gasteiger partial charge in [-0.2, -0.15) is 0 Å². The molecule has 0 heterocycles. The van der Waals surface area contributed by atoms with Crippen molar-refractivity contribution in [2.45, 2.75) is 0 Å². The lowest BCUT2D eigenvalue weighted by Crippen LogP contribution is -2.15. The van der Waals surface area contributed by atoms with E-state index in [2.05, 4.69) is 22.6 Å². The fourth-order valence-corrected chi connectivity index (χ4v) is 1.61. The number of esters is 1. The molecule has 16 heavy (non-hydrogen) atoms. The van der Waals surface area contributed by atoms with Crippen LogP contribution in [0.4, 0.5) is 0 Å². The van der Waals surface area contributed by atoms with E-state index in [4.69, 9.17) is 32.7 Å². The van der Waals surface area contributed by atoms with Crippen LogP contribution in [0.15, 0.2) is 18.2 Å². The van der Waals surface area contributed by atoms with Crippen molar-refractivity contribution in [3.05, 3.63) is 28.2 Å². The van der Waals surface area contributed by atoms with Crippen LogP contribution >= 0.6 is 45.8 Å². The Kier molecular flexibility index (Phi) is 6.23. The first-order valence-corrected chi connectivity index (χ1v) is 6.71. The number of carbonyl (C=O) groups is 1. The summed E-state index contributed by atoms with van der Waals surface area (Å²) < 4.78 is 10.8. The summed E-state index contributed by atoms with van der Waals surface area (Å²) in [4.78, 5) is 11.1. The van der Waals surface area contributed by atoms with Crippen LogP contribution in [0.3, 0.4) is 0 Å². The van der Waals surface area contributed by atoms with Gasteiger partial charge in [0.25, 0.3) is 0 Å². The van der Waals surface area contributed by atoms with Gasteiger partial charge in [-0.15, -0.1) is 0 Å². The lowest BCUT2D eigenvalue weighted by Gasteiger charge is -2.07. The normalized spacial score (nSPS) is 9.94. The number of benzene rings is 1. The molecule has 0 spiro atoms. The molecule has 0 fully saturated rings. The Morgan fingerprint density at radius 1 is 1.38 bits per heavy atom. The standard InChI is InChI=1S/C10H9Cl2IO3/c11-7-1-2-9(8(12)5-7)16-6-10(14)15-4-3-13/h1-2,5H,3-4,6H2. The van der Waals surface area contributed by atoms with E-state index in [0.29, 0.717) is 22.4 Å². The quantitative estimate of drug-likeness (QED) is 0.450. The third-order valence-electron chi connectivity index (χ3n) is 1.58. The van der Waals surface area contributed by atoms with Gasteiger partial charge in [-0.05, 0) is 18.2 Å². The number of alkyl halides is 1. The fraction of sp³-hybridized carbons (Fsp3) is 0.300. The van der Waals surface area contributed by atoms with Crippen LogP contribution in [0.1, 0.15) is 0 Å². The van der Waals surface area contributed by atoms with Crippen LogP contribution in [0, 0.1) is 0 Å². The number of rotatable bonds is 5. The second kappa shape index (κ2) is 7.19. The molecule has 0 atom stereocenters. The molecule has 1 aromatic carbocycles. The second-order valence-electron chi connectivity index (χ2n) is 2.77. The Bertz CT molecular complexity index is 371. The van der Waals surface area contributed by atoms with Gasteiger partial charge in [0.05, 0.1) is 5.02 Å². The van der Waals surface area contributed by atoms with E-state index in [1.54, 1.807) is 18.2 Å². The third-order valence-corrected chi connectivity index (χ3v) is 2.55. The zero-order valence-corrected chi connectivity index (χ0v) is 11.9. The van der Waals surface area contributed by atoms with E-state index in [1.807, 2.05) is 0 Å². The minimum Gasteiger partial charge on any atom is -0.480 e. The van der Waals surface area contributed by atoms with E-state index in [0.717, 1.165) is 4.43 Å². The van der Waals surface area contributed by atoms with Crippen LogP contribution in [0.25, 0.3) is 0 Å². The summed E-state index contributed by atoms with van der Waals surface area (Å²) in [5.41, 5.74) is 0. The van der Waals surface area contributed by atoms with Gasteiger partial charge < -0.3 is 9.47 Å². The van der Waals surface area contributed by atoms with E-state index in [1.165, 1.54) is 0 Å². The first-order valence-electron chi connectivity index (χ1n) is 4.43. The van der Waals surface area contributed by atoms with Crippen molar-refractivity contribution < 1.29 is 14.3 Å². The molecule has 0 amide bonds. The lowest BCUT2D eigenvalue weighted by molar-refractivity contribution is -0.145. The molecule has 6 heteroatoms. The highest BCUT2D eigenvalue weighted by atomic mass is 127. The number of hydrogen-bond acceptors (Lipinski definition) is 3. The lowest BCUT2D eigenvalue weighted by atomic mass is 10.3. The Morgan fingerprint density at radius 2 is 2.12 bits per heavy atom. The summed E-state index contributed by atoms with van der Waals surface area (Å²) in [5, 5.41) is 0.888. The molecule has 88 valence electrons. The Hall–Kier alpha value is -0.200. The minimum atomic E-state index is -0.414. The molecule has 0 radical (unpaired) electrons. The van der Waals surface area contributed by atoms with Gasteiger partial charge in [0.2, 0.25) is 0 Å². The van der Waals surface area contributed by atoms with Crippen LogP contribution in [-0.2, 0) is 9.53 Å². The van der Waals surface area contributed by atoms with Gasteiger partial charge in [0.15, 0.2) is 6.61 Å². The van der Waals surface area contributed by atoms with Gasteiger partial charge in [0, 0.05) is 9.45 Å². The molecule has 0 aliphatic carbocycles. The molecular formula is C10H9Cl2IO3. The molecule has 0 saturated heterocycles. The molecular weight excluding hydrogens is 366 g/mol. The maximum absolute atomic E-state index is 11.1. The van der Waals surface area contributed by atoms with E-state index >= 15 is 0 Å². The second-order valence-corrected chi connectivity index (χ2v) is 4.70. The number of carbonyl (C=O) groups excluding carboxylic acids is 1. The van der Waals surface area contributed by atoms with Crippen molar-refractivity contribution in [3.63, 3.8) is 0 Å². The van der Waals surface area contributed by atoms with Crippen LogP contribution < -0.4 is 4.74 Å². The number of hydrogen-bond donors (Lipinski definition) is 0. The topological polar surface area (TPSA) is 35.5 Å². The van der Waals surface area contributed by atoms with E-state index < -0.39 is 5.97 Å². The SMILES string of the molecule is O=C(COc1ccc(Cl)cc1Cl)OCCI. The van der Waals surface area contributed by atoms with Crippen LogP contribution in [-0.4, -0.2) is 23.6 Å². The minimum absolute atomic E-state index is 0.155. The Morgan fingerprint density at radius 3 is 2.75 bits per heavy atom. The number of ether oxygens (including phenoxy) is 2. The molecule has 0 aromatic heterocycles. The monoisotopic (exact) mass is 374 g/mol. The average molecular weight is 375 g/mol. The average Bonchev–Trinajstić information content (AvgIpc) is 2.25. The van der Waals surface area contributed by atoms with Crippen LogP contribution in [0.5, 0.6) is 5.75 Å². The van der Waals surface area contributed by atoms with Crippen molar-refractivity contribution in [1.82, 2.24) is 0 Å². The fourth-order valence-electron chi connectivity index (χ4n) is 0.923. The maximum atomic E-state index is 11.1. The van der Waals surface area contributed by atoms with Gasteiger partial charge in [-0.1, -0.05) is 45.8 Å². The van der Waals surface area contributed by atoms with Gasteiger partial charge in [0.1, 0.15) is 12.4 Å². The first-order chi connectivity index (χ1) is 7.63. The molecule has 0 bridgehead atoms. The van der Waals surface area contributed by atoms with Crippen molar-refractivity contribution in [2.75, 3.05) is 17.6 Å². The Labute approximate surface area is 117 Å². The summed E-state index contributed by atoms with van der Waals surface area (Å²) in [6.45, 7) is 0.231. The maximum Gasteiger partial charge on any atom is 0.344 e. The summed E-state index contributed by atoms with van der Waals surface area (Å²) in [5.74, 6) is 0.000160. The highest BCUT2D eigenvalue weighted by Crippen LogP contribution is 2.27. The summed E-state index contributed by atoms with van der Waals surface area (Å²) in [6.07, 6.45) is 0.